The zero-order chi connectivity index (χ0) is 15.0. The molecule has 114 valence electrons. The molecule has 0 aliphatic heterocycles. The fraction of sp³-hybridized carbons (Fsp3) is 0.615. The lowest BCUT2D eigenvalue weighted by Gasteiger charge is -2.23. The third-order valence-electron chi connectivity index (χ3n) is 2.53. The van der Waals surface area contributed by atoms with Gasteiger partial charge in [0.25, 0.3) is 0 Å². The van der Waals surface area contributed by atoms with Gasteiger partial charge < -0.3 is 14.1 Å². The quantitative estimate of drug-likeness (QED) is 0.692. The van der Waals surface area contributed by atoms with Crippen molar-refractivity contribution in [3.63, 3.8) is 0 Å². The highest BCUT2D eigenvalue weighted by molar-refractivity contribution is 5.76. The number of hydrogen-bond donors (Lipinski definition) is 0. The predicted octanol–water partition coefficient (Wildman–Crippen LogP) is 2.99. The summed E-state index contributed by atoms with van der Waals surface area (Å²) in [6, 6.07) is 3.11. The minimum Gasteiger partial charge on any atom is -0.467 e. The Hall–Kier alpha value is -1.50. The van der Waals surface area contributed by atoms with E-state index < -0.39 is 18.6 Å². The Balaban J connectivity index is 2.54. The number of alkyl halides is 3. The highest BCUT2D eigenvalue weighted by Crippen LogP contribution is 2.19. The SMILES string of the molecule is CCOCCCC(=O)N(Cc1ccco1)CC(F)(F)F. The van der Waals surface area contributed by atoms with Gasteiger partial charge in [-0.25, -0.2) is 0 Å². The molecule has 20 heavy (non-hydrogen) atoms. The second kappa shape index (κ2) is 7.94. The van der Waals surface area contributed by atoms with Gasteiger partial charge in [-0.15, -0.1) is 0 Å². The van der Waals surface area contributed by atoms with Crippen LogP contribution in [0.4, 0.5) is 13.2 Å². The van der Waals surface area contributed by atoms with Crippen LogP contribution in [-0.2, 0) is 16.1 Å². The van der Waals surface area contributed by atoms with Crippen LogP contribution in [0, 0.1) is 0 Å². The molecule has 1 amide bonds. The number of rotatable bonds is 8. The molecule has 0 aliphatic carbocycles. The van der Waals surface area contributed by atoms with Crippen molar-refractivity contribution in [3.05, 3.63) is 24.2 Å². The van der Waals surface area contributed by atoms with E-state index in [0.717, 1.165) is 4.90 Å². The molecule has 1 rings (SSSR count). The lowest BCUT2D eigenvalue weighted by molar-refractivity contribution is -0.163. The monoisotopic (exact) mass is 293 g/mol. The Morgan fingerprint density at radius 3 is 2.75 bits per heavy atom. The molecule has 0 radical (unpaired) electrons. The van der Waals surface area contributed by atoms with Gasteiger partial charge in [-0.2, -0.15) is 13.2 Å². The van der Waals surface area contributed by atoms with E-state index in [-0.39, 0.29) is 13.0 Å². The van der Waals surface area contributed by atoms with Crippen LogP contribution in [0.25, 0.3) is 0 Å². The standard InChI is InChI=1S/C13H18F3NO3/c1-2-19-7-4-6-12(18)17(10-13(14,15)16)9-11-5-3-8-20-11/h3,5,8H,2,4,6-7,9-10H2,1H3. The second-order valence-corrected chi connectivity index (χ2v) is 4.24. The van der Waals surface area contributed by atoms with Crippen molar-refractivity contribution in [1.82, 2.24) is 4.90 Å². The third-order valence-corrected chi connectivity index (χ3v) is 2.53. The highest BCUT2D eigenvalue weighted by atomic mass is 19.4. The van der Waals surface area contributed by atoms with Crippen LogP contribution in [0.15, 0.2) is 22.8 Å². The number of carbonyl (C=O) groups excluding carboxylic acids is 1. The topological polar surface area (TPSA) is 42.7 Å². The lowest BCUT2D eigenvalue weighted by atomic mass is 10.2. The number of furan rings is 1. The van der Waals surface area contributed by atoms with Crippen LogP contribution in [-0.4, -0.2) is 36.7 Å². The van der Waals surface area contributed by atoms with E-state index in [4.69, 9.17) is 9.15 Å². The smallest absolute Gasteiger partial charge is 0.406 e. The lowest BCUT2D eigenvalue weighted by Crippen LogP contribution is -2.38. The van der Waals surface area contributed by atoms with Crippen LogP contribution in [0.3, 0.4) is 0 Å². The Morgan fingerprint density at radius 1 is 1.45 bits per heavy atom. The molecule has 0 fully saturated rings. The number of ether oxygens (including phenoxy) is 1. The molecule has 0 saturated carbocycles. The van der Waals surface area contributed by atoms with Crippen molar-refractivity contribution in [3.8, 4) is 0 Å². The van der Waals surface area contributed by atoms with Crippen molar-refractivity contribution < 1.29 is 27.1 Å². The maximum absolute atomic E-state index is 12.5. The molecule has 0 N–H and O–H groups in total. The number of nitrogens with zero attached hydrogens (tertiary/aromatic N) is 1. The summed E-state index contributed by atoms with van der Waals surface area (Å²) in [6.07, 6.45) is -2.64. The molecule has 1 aromatic rings. The fourth-order valence-corrected chi connectivity index (χ4v) is 1.67. The second-order valence-electron chi connectivity index (χ2n) is 4.24. The molecule has 0 saturated heterocycles. The summed E-state index contributed by atoms with van der Waals surface area (Å²) in [6.45, 7) is 1.24. The van der Waals surface area contributed by atoms with Gasteiger partial charge in [0, 0.05) is 19.6 Å². The van der Waals surface area contributed by atoms with Crippen molar-refractivity contribution in [1.29, 1.82) is 0 Å². The molecule has 0 bridgehead atoms. The first-order valence-electron chi connectivity index (χ1n) is 6.37. The minimum atomic E-state index is -4.43. The number of halogens is 3. The summed E-state index contributed by atoms with van der Waals surface area (Å²) in [4.78, 5) is 12.6. The fourth-order valence-electron chi connectivity index (χ4n) is 1.67. The molecule has 4 nitrogen and oxygen atoms in total. The summed E-state index contributed by atoms with van der Waals surface area (Å²) in [5.41, 5.74) is 0. The largest absolute Gasteiger partial charge is 0.467 e. The molecule has 0 atom stereocenters. The van der Waals surface area contributed by atoms with E-state index in [0.29, 0.717) is 25.4 Å². The Kier molecular flexibility index (Phi) is 6.57. The van der Waals surface area contributed by atoms with E-state index in [1.807, 2.05) is 6.92 Å². The Morgan fingerprint density at radius 2 is 2.20 bits per heavy atom. The van der Waals surface area contributed by atoms with Gasteiger partial charge in [-0.1, -0.05) is 0 Å². The summed E-state index contributed by atoms with van der Waals surface area (Å²) >= 11 is 0. The zero-order valence-corrected chi connectivity index (χ0v) is 11.3. The number of hydrogen-bond acceptors (Lipinski definition) is 3. The van der Waals surface area contributed by atoms with Crippen LogP contribution in [0.2, 0.25) is 0 Å². The third kappa shape index (κ3) is 6.60. The van der Waals surface area contributed by atoms with Gasteiger partial charge in [-0.05, 0) is 25.5 Å². The average Bonchev–Trinajstić information content (AvgIpc) is 2.85. The normalized spacial score (nSPS) is 11.6. The van der Waals surface area contributed by atoms with E-state index >= 15 is 0 Å². The van der Waals surface area contributed by atoms with Crippen LogP contribution in [0.1, 0.15) is 25.5 Å². The maximum atomic E-state index is 12.5. The van der Waals surface area contributed by atoms with Crippen LogP contribution >= 0.6 is 0 Å². The van der Waals surface area contributed by atoms with Crippen LogP contribution < -0.4 is 0 Å². The molecule has 1 heterocycles. The molecule has 0 spiro atoms. The Bertz CT molecular complexity index is 390. The molecule has 7 heteroatoms. The molecule has 0 aromatic carbocycles. The van der Waals surface area contributed by atoms with Gasteiger partial charge >= 0.3 is 6.18 Å². The molecule has 0 unspecified atom stereocenters. The zero-order valence-electron chi connectivity index (χ0n) is 11.3. The van der Waals surface area contributed by atoms with Gasteiger partial charge in [0.15, 0.2) is 0 Å². The summed E-state index contributed by atoms with van der Waals surface area (Å²) < 4.78 is 47.5. The maximum Gasteiger partial charge on any atom is 0.406 e. The molecule has 1 aromatic heterocycles. The van der Waals surface area contributed by atoms with E-state index in [1.165, 1.54) is 12.3 Å². The Labute approximate surface area is 115 Å². The molecular weight excluding hydrogens is 275 g/mol. The first-order valence-corrected chi connectivity index (χ1v) is 6.37. The first kappa shape index (κ1) is 16.6. The number of amides is 1. The molecular formula is C13H18F3NO3. The first-order chi connectivity index (χ1) is 9.42. The predicted molar refractivity (Wildman–Crippen MR) is 65.9 cm³/mol. The van der Waals surface area contributed by atoms with E-state index in [2.05, 4.69) is 0 Å². The minimum absolute atomic E-state index is 0.0246. The average molecular weight is 293 g/mol. The van der Waals surface area contributed by atoms with Gasteiger partial charge in [0.1, 0.15) is 12.3 Å². The van der Waals surface area contributed by atoms with Crippen molar-refractivity contribution in [2.75, 3.05) is 19.8 Å². The number of carbonyl (C=O) groups is 1. The summed E-state index contributed by atoms with van der Waals surface area (Å²) in [5.74, 6) is -0.231. The van der Waals surface area contributed by atoms with Crippen LogP contribution in [0.5, 0.6) is 0 Å². The highest BCUT2D eigenvalue weighted by Gasteiger charge is 2.33. The van der Waals surface area contributed by atoms with Gasteiger partial charge in [0.05, 0.1) is 12.8 Å². The molecule has 0 aliphatic rings. The summed E-state index contributed by atoms with van der Waals surface area (Å²) in [5, 5.41) is 0. The van der Waals surface area contributed by atoms with E-state index in [1.54, 1.807) is 6.07 Å². The van der Waals surface area contributed by atoms with Crippen molar-refractivity contribution in [2.45, 2.75) is 32.5 Å². The van der Waals surface area contributed by atoms with Crippen molar-refractivity contribution in [2.24, 2.45) is 0 Å². The van der Waals surface area contributed by atoms with Gasteiger partial charge in [0.2, 0.25) is 5.91 Å². The van der Waals surface area contributed by atoms with E-state index in [9.17, 15) is 18.0 Å². The van der Waals surface area contributed by atoms with Gasteiger partial charge in [-0.3, -0.25) is 4.79 Å². The van der Waals surface area contributed by atoms with Crippen molar-refractivity contribution >= 4 is 5.91 Å². The summed E-state index contributed by atoms with van der Waals surface area (Å²) in [7, 11) is 0.